The topological polar surface area (TPSA) is 47.7 Å². The number of fused-ring (bicyclic) bond motifs is 1. The Morgan fingerprint density at radius 2 is 1.86 bits per heavy atom. The summed E-state index contributed by atoms with van der Waals surface area (Å²) in [6, 6.07) is 15.1. The van der Waals surface area contributed by atoms with Crippen LogP contribution in [0.1, 0.15) is 37.4 Å². The normalized spacial score (nSPS) is 28.1. The number of phenolic OH excluding ortho intramolecular Hbond substituents is 1. The zero-order valence-corrected chi connectivity index (χ0v) is 13.0. The summed E-state index contributed by atoms with van der Waals surface area (Å²) in [5, 5.41) is 23.5. The van der Waals surface area contributed by atoms with Crippen LogP contribution in [-0.2, 0) is 4.87 Å². The summed E-state index contributed by atoms with van der Waals surface area (Å²) in [7, 11) is 0. The Hall–Kier alpha value is -1.49. The average molecular weight is 301 g/mol. The van der Waals surface area contributed by atoms with Gasteiger partial charge in [-0.25, -0.2) is 0 Å². The van der Waals surface area contributed by atoms with Gasteiger partial charge >= 0.3 is 0 Å². The maximum Gasteiger partial charge on any atom is 0.178 e. The van der Waals surface area contributed by atoms with Crippen LogP contribution in [0, 0.1) is 5.21 Å². The number of hydrogen-bond acceptors (Lipinski definition) is 3. The Balaban J connectivity index is 2.18. The van der Waals surface area contributed by atoms with Gasteiger partial charge in [-0.2, -0.15) is 0 Å². The Bertz CT molecular complexity index is 661. The van der Waals surface area contributed by atoms with Crippen molar-refractivity contribution in [3.05, 3.63) is 64.9 Å². The third-order valence-electron chi connectivity index (χ3n) is 4.30. The first-order chi connectivity index (χ1) is 10.1. The van der Waals surface area contributed by atoms with Gasteiger partial charge in [0.05, 0.1) is 5.56 Å². The van der Waals surface area contributed by atoms with E-state index in [2.05, 4.69) is 6.07 Å². The number of hydroxylamine groups is 2. The van der Waals surface area contributed by atoms with Crippen molar-refractivity contribution in [2.45, 2.75) is 36.1 Å². The number of thioether (sulfide) groups is 1. The summed E-state index contributed by atoms with van der Waals surface area (Å²) in [5.74, 6) is 0.201. The molecule has 0 saturated carbocycles. The third kappa shape index (κ3) is 2.14. The van der Waals surface area contributed by atoms with Crippen LogP contribution in [0.15, 0.2) is 53.4 Å². The zero-order chi connectivity index (χ0) is 15.0. The fourth-order valence-corrected chi connectivity index (χ4v) is 4.69. The molecule has 2 aromatic rings. The molecule has 0 bridgehead atoms. The number of rotatable bonds is 2. The third-order valence-corrected chi connectivity index (χ3v) is 5.95. The van der Waals surface area contributed by atoms with E-state index in [4.69, 9.17) is 0 Å². The predicted molar refractivity (Wildman–Crippen MR) is 85.1 cm³/mol. The second-order valence-electron chi connectivity index (χ2n) is 5.42. The van der Waals surface area contributed by atoms with E-state index in [1.165, 1.54) is 0 Å². The zero-order valence-electron chi connectivity index (χ0n) is 12.2. The molecule has 3 rings (SSSR count). The molecule has 0 radical (unpaired) electrons. The largest absolute Gasteiger partial charge is 0.633 e. The molecule has 4 heteroatoms. The van der Waals surface area contributed by atoms with Crippen LogP contribution < -0.4 is 5.06 Å². The number of aromatic hydroxyl groups is 1. The predicted octanol–water partition coefficient (Wildman–Crippen LogP) is 3.20. The van der Waals surface area contributed by atoms with Gasteiger partial charge in [0.25, 0.3) is 0 Å². The smallest absolute Gasteiger partial charge is 0.178 e. The average Bonchev–Trinajstić information content (AvgIpc) is 2.52. The number of para-hydroxylation sites is 1. The van der Waals surface area contributed by atoms with Gasteiger partial charge in [0, 0.05) is 16.9 Å². The van der Waals surface area contributed by atoms with Crippen molar-refractivity contribution in [3.63, 3.8) is 0 Å². The van der Waals surface area contributed by atoms with Gasteiger partial charge in [-0.3, -0.25) is 0 Å². The van der Waals surface area contributed by atoms with Crippen molar-refractivity contribution < 1.29 is 10.2 Å². The molecular formula is C17H19NO2S. The van der Waals surface area contributed by atoms with Crippen LogP contribution in [0.3, 0.4) is 0 Å². The molecule has 0 aliphatic carbocycles. The highest BCUT2D eigenvalue weighted by molar-refractivity contribution is 8.00. The summed E-state index contributed by atoms with van der Waals surface area (Å²) >= 11 is 1.57. The van der Waals surface area contributed by atoms with Gasteiger partial charge < -0.3 is 15.4 Å². The van der Waals surface area contributed by atoms with E-state index in [1.54, 1.807) is 23.9 Å². The van der Waals surface area contributed by atoms with Crippen LogP contribution in [0.4, 0.5) is 0 Å². The fourth-order valence-electron chi connectivity index (χ4n) is 3.10. The minimum Gasteiger partial charge on any atom is -0.633 e. The lowest BCUT2D eigenvalue weighted by atomic mass is 9.98. The van der Waals surface area contributed by atoms with Crippen molar-refractivity contribution in [1.82, 2.24) is 0 Å². The Morgan fingerprint density at radius 1 is 1.19 bits per heavy atom. The van der Waals surface area contributed by atoms with Crippen molar-refractivity contribution >= 4 is 11.8 Å². The maximum absolute atomic E-state index is 13.1. The van der Waals surface area contributed by atoms with E-state index in [0.29, 0.717) is 6.42 Å². The molecule has 3 unspecified atom stereocenters. The van der Waals surface area contributed by atoms with E-state index >= 15 is 0 Å². The Labute approximate surface area is 129 Å². The maximum atomic E-state index is 13.1. The van der Waals surface area contributed by atoms with Crippen molar-refractivity contribution in [2.24, 2.45) is 0 Å². The fraction of sp³-hybridized carbons (Fsp3) is 0.294. The van der Waals surface area contributed by atoms with E-state index in [0.717, 1.165) is 16.0 Å². The van der Waals surface area contributed by atoms with Gasteiger partial charge in [0.1, 0.15) is 11.8 Å². The molecule has 0 fully saturated rings. The van der Waals surface area contributed by atoms with Crippen LogP contribution in [0.2, 0.25) is 0 Å². The minimum atomic E-state index is -0.695. The summed E-state index contributed by atoms with van der Waals surface area (Å²) in [5.41, 5.74) is 1.82. The highest BCUT2D eigenvalue weighted by Gasteiger charge is 2.46. The van der Waals surface area contributed by atoms with Gasteiger partial charge in [-0.05, 0) is 25.1 Å². The summed E-state index contributed by atoms with van der Waals surface area (Å²) < 4.78 is 0. The SMILES string of the molecule is CCC1(c2ccccc2O)Sc2ccccc2C(C)[NH+]1[O-]. The molecule has 1 heterocycles. The van der Waals surface area contributed by atoms with E-state index in [9.17, 15) is 10.3 Å². The minimum absolute atomic E-state index is 0.151. The molecule has 2 aromatic carbocycles. The molecule has 0 aromatic heterocycles. The molecule has 0 spiro atoms. The van der Waals surface area contributed by atoms with Crippen molar-refractivity contribution in [2.75, 3.05) is 0 Å². The second-order valence-corrected chi connectivity index (χ2v) is 6.76. The molecule has 1 aliphatic rings. The first kappa shape index (κ1) is 14.4. The van der Waals surface area contributed by atoms with Crippen molar-refractivity contribution in [1.29, 1.82) is 0 Å². The van der Waals surface area contributed by atoms with E-state index < -0.39 is 4.87 Å². The molecule has 110 valence electrons. The van der Waals surface area contributed by atoms with Crippen molar-refractivity contribution in [3.8, 4) is 5.75 Å². The number of phenols is 1. The quantitative estimate of drug-likeness (QED) is 0.837. The molecular weight excluding hydrogens is 282 g/mol. The van der Waals surface area contributed by atoms with Crippen LogP contribution in [-0.4, -0.2) is 5.11 Å². The van der Waals surface area contributed by atoms with E-state index in [-0.39, 0.29) is 16.9 Å². The van der Waals surface area contributed by atoms with Gasteiger partial charge in [-0.15, -0.1) is 0 Å². The second kappa shape index (κ2) is 5.37. The Kier molecular flexibility index (Phi) is 3.69. The number of nitrogens with one attached hydrogen (secondary N) is 1. The molecule has 21 heavy (non-hydrogen) atoms. The molecule has 0 amide bonds. The molecule has 3 atom stereocenters. The van der Waals surface area contributed by atoms with Crippen LogP contribution in [0.5, 0.6) is 5.75 Å². The lowest BCUT2D eigenvalue weighted by Crippen LogP contribution is -3.14. The number of benzene rings is 2. The first-order valence-electron chi connectivity index (χ1n) is 7.21. The lowest BCUT2D eigenvalue weighted by molar-refractivity contribution is -0.925. The summed E-state index contributed by atoms with van der Waals surface area (Å²) in [6.45, 7) is 3.98. The highest BCUT2D eigenvalue weighted by Crippen LogP contribution is 2.47. The standard InChI is InChI=1S/C17H19NO2S/c1-3-17(14-9-5-6-10-15(14)19)18(20)12(2)13-8-4-7-11-16(13)21-17/h4-12,18-19H,3H2,1-2H3. The number of hydrogen-bond donors (Lipinski definition) is 2. The number of quaternary nitrogens is 1. The first-order valence-corrected chi connectivity index (χ1v) is 8.02. The summed E-state index contributed by atoms with van der Waals surface area (Å²) in [6.07, 6.45) is 0.659. The van der Waals surface area contributed by atoms with Gasteiger partial charge in [0.15, 0.2) is 4.87 Å². The molecule has 0 saturated heterocycles. The van der Waals surface area contributed by atoms with Gasteiger partial charge in [-0.1, -0.05) is 49.0 Å². The van der Waals surface area contributed by atoms with Crippen LogP contribution in [0.25, 0.3) is 0 Å². The lowest BCUT2D eigenvalue weighted by Gasteiger charge is -2.49. The highest BCUT2D eigenvalue weighted by atomic mass is 32.2. The Morgan fingerprint density at radius 3 is 2.57 bits per heavy atom. The summed E-state index contributed by atoms with van der Waals surface area (Å²) in [4.78, 5) is 0.439. The monoisotopic (exact) mass is 301 g/mol. The molecule has 3 nitrogen and oxygen atoms in total. The van der Waals surface area contributed by atoms with E-state index in [1.807, 2.05) is 44.2 Å². The molecule has 2 N–H and O–H groups in total. The van der Waals surface area contributed by atoms with Crippen LogP contribution >= 0.6 is 11.8 Å². The molecule has 1 aliphatic heterocycles. The van der Waals surface area contributed by atoms with Gasteiger partial charge in [0.2, 0.25) is 0 Å².